The molecule has 0 amide bonds. The Hall–Kier alpha value is -0.930. The number of likely N-dealkylation sites (tertiary alicyclic amines) is 1. The lowest BCUT2D eigenvalue weighted by Gasteiger charge is -2.22. The van der Waals surface area contributed by atoms with Crippen molar-refractivity contribution in [1.82, 2.24) is 10.2 Å². The number of rotatable bonds is 5. The van der Waals surface area contributed by atoms with Crippen molar-refractivity contribution in [3.8, 4) is 0 Å². The van der Waals surface area contributed by atoms with E-state index in [1.54, 1.807) is 6.07 Å². The zero-order chi connectivity index (χ0) is 13.5. The quantitative estimate of drug-likeness (QED) is 0.877. The van der Waals surface area contributed by atoms with Gasteiger partial charge in [-0.15, -0.1) is 0 Å². The van der Waals surface area contributed by atoms with Gasteiger partial charge in [-0.05, 0) is 38.9 Å². The van der Waals surface area contributed by atoms with Crippen LogP contribution in [0.25, 0.3) is 0 Å². The number of nitrogens with zero attached hydrogens (tertiary/aromatic N) is 1. The molecule has 0 spiro atoms. The Morgan fingerprint density at radius 3 is 2.53 bits per heavy atom. The average Bonchev–Trinajstić information content (AvgIpc) is 2.68. The molecule has 1 saturated heterocycles. The first-order chi connectivity index (χ1) is 9.27. The van der Waals surface area contributed by atoms with Gasteiger partial charge in [0.05, 0.1) is 0 Å². The first kappa shape index (κ1) is 14.5. The highest BCUT2D eigenvalue weighted by atomic mass is 19.1. The molecule has 1 unspecified atom stereocenters. The molecular weight excluding hydrogens is 239 g/mol. The summed E-state index contributed by atoms with van der Waals surface area (Å²) in [6, 6.07) is 7.10. The van der Waals surface area contributed by atoms with Crippen LogP contribution in [0, 0.1) is 5.82 Å². The highest BCUT2D eigenvalue weighted by Crippen LogP contribution is 2.15. The molecule has 0 radical (unpaired) electrons. The predicted octanol–water partition coefficient (Wildman–Crippen LogP) is 3.35. The van der Waals surface area contributed by atoms with Crippen LogP contribution in [0.3, 0.4) is 0 Å². The van der Waals surface area contributed by atoms with E-state index < -0.39 is 0 Å². The summed E-state index contributed by atoms with van der Waals surface area (Å²) < 4.78 is 13.6. The molecule has 0 aromatic heterocycles. The van der Waals surface area contributed by atoms with Gasteiger partial charge in [-0.25, -0.2) is 4.39 Å². The zero-order valence-corrected chi connectivity index (χ0v) is 11.9. The molecule has 2 nitrogen and oxygen atoms in total. The summed E-state index contributed by atoms with van der Waals surface area (Å²) in [5.74, 6) is -0.114. The van der Waals surface area contributed by atoms with Crippen molar-refractivity contribution in [2.24, 2.45) is 0 Å². The molecule has 1 aliphatic rings. The molecule has 1 fully saturated rings. The molecule has 3 heteroatoms. The molecule has 1 atom stereocenters. The maximum atomic E-state index is 13.6. The summed E-state index contributed by atoms with van der Waals surface area (Å²) in [4.78, 5) is 2.52. The third-order valence-corrected chi connectivity index (χ3v) is 3.95. The number of nitrogens with one attached hydrogen (secondary N) is 1. The minimum Gasteiger partial charge on any atom is -0.309 e. The second-order valence-electron chi connectivity index (χ2n) is 5.45. The van der Waals surface area contributed by atoms with Gasteiger partial charge in [0.25, 0.3) is 0 Å². The van der Waals surface area contributed by atoms with E-state index in [0.29, 0.717) is 0 Å². The summed E-state index contributed by atoms with van der Waals surface area (Å²) >= 11 is 0. The molecule has 0 aliphatic carbocycles. The molecule has 1 aliphatic heterocycles. The number of hydrogen-bond donors (Lipinski definition) is 1. The van der Waals surface area contributed by atoms with Crippen molar-refractivity contribution in [3.63, 3.8) is 0 Å². The number of benzene rings is 1. The fourth-order valence-electron chi connectivity index (χ4n) is 2.74. The monoisotopic (exact) mass is 264 g/mol. The largest absolute Gasteiger partial charge is 0.309 e. The topological polar surface area (TPSA) is 15.3 Å². The molecular formula is C16H25FN2. The fraction of sp³-hybridized carbons (Fsp3) is 0.625. The lowest BCUT2D eigenvalue weighted by atomic mass is 10.1. The summed E-state index contributed by atoms with van der Waals surface area (Å²) in [7, 11) is 0. The molecule has 2 rings (SSSR count). The first-order valence-electron chi connectivity index (χ1n) is 7.47. The zero-order valence-electron chi connectivity index (χ0n) is 11.9. The van der Waals surface area contributed by atoms with Gasteiger partial charge in [-0.2, -0.15) is 0 Å². The highest BCUT2D eigenvalue weighted by Gasteiger charge is 2.11. The second kappa shape index (κ2) is 7.61. The van der Waals surface area contributed by atoms with Gasteiger partial charge in [0, 0.05) is 24.7 Å². The Labute approximate surface area is 116 Å². The predicted molar refractivity (Wildman–Crippen MR) is 77.7 cm³/mol. The van der Waals surface area contributed by atoms with Crippen molar-refractivity contribution in [2.75, 3.05) is 26.2 Å². The van der Waals surface area contributed by atoms with Gasteiger partial charge in [-0.3, -0.25) is 0 Å². The second-order valence-corrected chi connectivity index (χ2v) is 5.45. The van der Waals surface area contributed by atoms with Gasteiger partial charge in [0.15, 0.2) is 0 Å². The van der Waals surface area contributed by atoms with E-state index in [1.807, 2.05) is 19.1 Å². The molecule has 1 heterocycles. The van der Waals surface area contributed by atoms with Crippen LogP contribution in [0.4, 0.5) is 4.39 Å². The fourth-order valence-corrected chi connectivity index (χ4v) is 2.74. The van der Waals surface area contributed by atoms with Gasteiger partial charge in [0.2, 0.25) is 0 Å². The third kappa shape index (κ3) is 4.59. The minimum atomic E-state index is -0.114. The lowest BCUT2D eigenvalue weighted by Crippen LogP contribution is -2.34. The van der Waals surface area contributed by atoms with Crippen LogP contribution in [0.2, 0.25) is 0 Å². The SMILES string of the molecule is CC(NCCN1CCCCCC1)c1ccccc1F. The van der Waals surface area contributed by atoms with Crippen molar-refractivity contribution in [1.29, 1.82) is 0 Å². The Kier molecular flexibility index (Phi) is 5.80. The van der Waals surface area contributed by atoms with Gasteiger partial charge >= 0.3 is 0 Å². The average molecular weight is 264 g/mol. The molecule has 19 heavy (non-hydrogen) atoms. The van der Waals surface area contributed by atoms with E-state index in [4.69, 9.17) is 0 Å². The lowest BCUT2D eigenvalue weighted by molar-refractivity contribution is 0.280. The highest BCUT2D eigenvalue weighted by molar-refractivity contribution is 5.20. The minimum absolute atomic E-state index is 0.0770. The number of hydrogen-bond acceptors (Lipinski definition) is 2. The normalized spacial score (nSPS) is 19.1. The smallest absolute Gasteiger partial charge is 0.127 e. The van der Waals surface area contributed by atoms with E-state index >= 15 is 0 Å². The van der Waals surface area contributed by atoms with Gasteiger partial charge in [0.1, 0.15) is 5.82 Å². The van der Waals surface area contributed by atoms with Crippen molar-refractivity contribution < 1.29 is 4.39 Å². The molecule has 1 aromatic carbocycles. The molecule has 0 saturated carbocycles. The maximum Gasteiger partial charge on any atom is 0.127 e. The Morgan fingerprint density at radius 1 is 1.16 bits per heavy atom. The van der Waals surface area contributed by atoms with E-state index in [1.165, 1.54) is 44.8 Å². The van der Waals surface area contributed by atoms with E-state index in [2.05, 4.69) is 10.2 Å². The third-order valence-electron chi connectivity index (χ3n) is 3.95. The van der Waals surface area contributed by atoms with Crippen molar-refractivity contribution in [3.05, 3.63) is 35.6 Å². The summed E-state index contributed by atoms with van der Waals surface area (Å²) in [6.45, 7) is 6.46. The molecule has 1 N–H and O–H groups in total. The van der Waals surface area contributed by atoms with Crippen LogP contribution in [-0.2, 0) is 0 Å². The standard InChI is InChI=1S/C16H25FN2/c1-14(15-8-4-5-9-16(15)17)18-10-13-19-11-6-2-3-7-12-19/h4-5,8-9,14,18H,2-3,6-7,10-13H2,1H3. The molecule has 1 aromatic rings. The number of halogens is 1. The van der Waals surface area contributed by atoms with Gasteiger partial charge in [-0.1, -0.05) is 31.0 Å². The van der Waals surface area contributed by atoms with Crippen LogP contribution in [0.5, 0.6) is 0 Å². The van der Waals surface area contributed by atoms with Crippen LogP contribution < -0.4 is 5.32 Å². The van der Waals surface area contributed by atoms with Gasteiger partial charge < -0.3 is 10.2 Å². The van der Waals surface area contributed by atoms with E-state index in [0.717, 1.165) is 18.7 Å². The summed E-state index contributed by atoms with van der Waals surface area (Å²) in [5, 5.41) is 3.43. The van der Waals surface area contributed by atoms with Crippen LogP contribution in [-0.4, -0.2) is 31.1 Å². The van der Waals surface area contributed by atoms with E-state index in [-0.39, 0.29) is 11.9 Å². The molecule has 106 valence electrons. The van der Waals surface area contributed by atoms with Crippen LogP contribution in [0.1, 0.15) is 44.2 Å². The van der Waals surface area contributed by atoms with E-state index in [9.17, 15) is 4.39 Å². The maximum absolute atomic E-state index is 13.6. The summed E-state index contributed by atoms with van der Waals surface area (Å²) in [5.41, 5.74) is 0.762. The summed E-state index contributed by atoms with van der Waals surface area (Å²) in [6.07, 6.45) is 5.39. The Morgan fingerprint density at radius 2 is 1.84 bits per heavy atom. The Bertz CT molecular complexity index is 373. The Balaban J connectivity index is 1.74. The van der Waals surface area contributed by atoms with Crippen LogP contribution >= 0.6 is 0 Å². The molecule has 0 bridgehead atoms. The first-order valence-corrected chi connectivity index (χ1v) is 7.47. The van der Waals surface area contributed by atoms with Crippen molar-refractivity contribution in [2.45, 2.75) is 38.6 Å². The van der Waals surface area contributed by atoms with Crippen molar-refractivity contribution >= 4 is 0 Å². The van der Waals surface area contributed by atoms with Crippen LogP contribution in [0.15, 0.2) is 24.3 Å².